The van der Waals surface area contributed by atoms with Gasteiger partial charge >= 0.3 is 0 Å². The van der Waals surface area contributed by atoms with Gasteiger partial charge in [-0.05, 0) is 72.0 Å². The van der Waals surface area contributed by atoms with Gasteiger partial charge in [0.05, 0.1) is 10.4 Å². The molecule has 0 saturated carbocycles. The number of thiophene rings is 1. The van der Waals surface area contributed by atoms with E-state index in [-0.39, 0.29) is 11.8 Å². The van der Waals surface area contributed by atoms with Crippen LogP contribution in [-0.2, 0) is 12.8 Å². The van der Waals surface area contributed by atoms with E-state index in [1.54, 1.807) is 23.5 Å². The van der Waals surface area contributed by atoms with Crippen LogP contribution in [0.2, 0.25) is 0 Å². The predicted molar refractivity (Wildman–Crippen MR) is 99.7 cm³/mol. The Hall–Kier alpha value is -1.41. The number of hydrogen-bond acceptors (Lipinski definition) is 3. The van der Waals surface area contributed by atoms with E-state index in [1.165, 1.54) is 29.7 Å². The summed E-state index contributed by atoms with van der Waals surface area (Å²) in [5.41, 5.74) is 6.86. The molecule has 0 bridgehead atoms. The van der Waals surface area contributed by atoms with Crippen molar-refractivity contribution in [2.45, 2.75) is 32.1 Å². The summed E-state index contributed by atoms with van der Waals surface area (Å²) in [5.74, 6) is -0.552. The molecule has 0 radical (unpaired) electrons. The molecule has 1 aliphatic carbocycles. The van der Waals surface area contributed by atoms with Gasteiger partial charge in [-0.2, -0.15) is 0 Å². The van der Waals surface area contributed by atoms with Crippen LogP contribution in [0.5, 0.6) is 0 Å². The van der Waals surface area contributed by atoms with Crippen LogP contribution in [0.4, 0.5) is 0 Å². The third-order valence-corrected chi connectivity index (χ3v) is 6.05. The molecule has 1 aromatic heterocycles. The summed E-state index contributed by atoms with van der Waals surface area (Å²) in [6.07, 6.45) is 5.75. The molecule has 0 unspecified atom stereocenters. The fourth-order valence-corrected chi connectivity index (χ4v) is 4.45. The molecular weight excluding hydrogens is 423 g/mol. The first kappa shape index (κ1) is 16.4. The van der Waals surface area contributed by atoms with Crippen molar-refractivity contribution >= 4 is 45.7 Å². The van der Waals surface area contributed by atoms with Gasteiger partial charge in [-0.3, -0.25) is 20.4 Å². The van der Waals surface area contributed by atoms with Gasteiger partial charge in [-0.15, -0.1) is 11.3 Å². The van der Waals surface area contributed by atoms with Gasteiger partial charge in [0.1, 0.15) is 0 Å². The molecule has 0 aliphatic heterocycles. The lowest BCUT2D eigenvalue weighted by Gasteiger charge is -2.07. The topological polar surface area (TPSA) is 58.2 Å². The zero-order chi connectivity index (χ0) is 16.2. The molecule has 1 aromatic carbocycles. The maximum Gasteiger partial charge on any atom is 0.279 e. The maximum atomic E-state index is 12.3. The second-order valence-electron chi connectivity index (χ2n) is 5.51. The number of halogens is 1. The second-order valence-corrected chi connectivity index (χ2v) is 7.81. The number of rotatable bonds is 2. The smallest absolute Gasteiger partial charge is 0.267 e. The normalized spacial score (nSPS) is 13.8. The minimum Gasteiger partial charge on any atom is -0.267 e. The van der Waals surface area contributed by atoms with Crippen molar-refractivity contribution in [3.05, 3.63) is 54.8 Å². The SMILES string of the molecule is O=C(NNC(=O)c1ccccc1I)c1cc2c(s1)CCCCC2. The van der Waals surface area contributed by atoms with E-state index in [4.69, 9.17) is 0 Å². The Morgan fingerprint density at radius 1 is 1.00 bits per heavy atom. The van der Waals surface area contributed by atoms with Crippen LogP contribution in [0, 0.1) is 3.57 Å². The fraction of sp³-hybridized carbons (Fsp3) is 0.294. The zero-order valence-electron chi connectivity index (χ0n) is 12.5. The van der Waals surface area contributed by atoms with Crippen LogP contribution in [0.1, 0.15) is 49.7 Å². The molecule has 1 aliphatic rings. The van der Waals surface area contributed by atoms with Crippen LogP contribution in [0.25, 0.3) is 0 Å². The maximum absolute atomic E-state index is 12.3. The number of carbonyl (C=O) groups is 2. The molecule has 6 heteroatoms. The summed E-state index contributed by atoms with van der Waals surface area (Å²) in [6.45, 7) is 0. The van der Waals surface area contributed by atoms with E-state index >= 15 is 0 Å². The highest BCUT2D eigenvalue weighted by Gasteiger charge is 2.17. The van der Waals surface area contributed by atoms with Crippen LogP contribution >= 0.6 is 33.9 Å². The van der Waals surface area contributed by atoms with E-state index in [0.717, 1.165) is 16.4 Å². The second kappa shape index (κ2) is 7.44. The molecule has 0 saturated heterocycles. The fourth-order valence-electron chi connectivity index (χ4n) is 2.67. The van der Waals surface area contributed by atoms with Crippen molar-refractivity contribution in [1.29, 1.82) is 0 Å². The largest absolute Gasteiger partial charge is 0.279 e. The molecule has 1 heterocycles. The molecule has 0 atom stereocenters. The standard InChI is InChI=1S/C17H17IN2O2S/c18-13-8-5-4-7-12(13)16(21)19-20-17(22)15-10-11-6-2-1-3-9-14(11)23-15/h4-5,7-8,10H,1-3,6,9H2,(H,19,21)(H,20,22). The molecule has 2 aromatic rings. The van der Waals surface area contributed by atoms with Crippen molar-refractivity contribution in [3.63, 3.8) is 0 Å². The van der Waals surface area contributed by atoms with Gasteiger partial charge in [0.25, 0.3) is 11.8 Å². The first-order chi connectivity index (χ1) is 11.1. The number of fused-ring (bicyclic) bond motifs is 1. The highest BCUT2D eigenvalue weighted by atomic mass is 127. The van der Waals surface area contributed by atoms with Crippen LogP contribution < -0.4 is 10.9 Å². The minimum absolute atomic E-state index is 0.248. The Balaban J connectivity index is 1.64. The number of carbonyl (C=O) groups excluding carboxylic acids is 2. The van der Waals surface area contributed by atoms with Crippen molar-refractivity contribution in [2.24, 2.45) is 0 Å². The number of hydrazine groups is 1. The number of amides is 2. The van der Waals surface area contributed by atoms with E-state index in [1.807, 2.05) is 18.2 Å². The molecule has 4 nitrogen and oxygen atoms in total. The minimum atomic E-state index is -0.304. The van der Waals surface area contributed by atoms with E-state index < -0.39 is 0 Å². The quantitative estimate of drug-likeness (QED) is 0.425. The summed E-state index contributed by atoms with van der Waals surface area (Å²) in [4.78, 5) is 26.3. The van der Waals surface area contributed by atoms with Crippen molar-refractivity contribution < 1.29 is 9.59 Å². The van der Waals surface area contributed by atoms with Gasteiger partial charge in [0.2, 0.25) is 0 Å². The van der Waals surface area contributed by atoms with Crippen molar-refractivity contribution in [3.8, 4) is 0 Å². The lowest BCUT2D eigenvalue weighted by Crippen LogP contribution is -2.41. The molecule has 0 spiro atoms. The van der Waals surface area contributed by atoms with Crippen molar-refractivity contribution in [1.82, 2.24) is 10.9 Å². The Bertz CT molecular complexity index is 718. The highest BCUT2D eigenvalue weighted by Crippen LogP contribution is 2.28. The lowest BCUT2D eigenvalue weighted by atomic mass is 10.1. The predicted octanol–water partition coefficient (Wildman–Crippen LogP) is 3.70. The van der Waals surface area contributed by atoms with Gasteiger partial charge in [-0.25, -0.2) is 0 Å². The molecule has 0 fully saturated rings. The molecular formula is C17H17IN2O2S. The average Bonchev–Trinajstić information content (AvgIpc) is 2.84. The van der Waals surface area contributed by atoms with Crippen LogP contribution in [0.3, 0.4) is 0 Å². The third kappa shape index (κ3) is 3.92. The number of benzene rings is 1. The number of aryl methyl sites for hydroxylation is 2. The number of nitrogens with one attached hydrogen (secondary N) is 2. The Morgan fingerprint density at radius 2 is 1.74 bits per heavy atom. The van der Waals surface area contributed by atoms with Gasteiger partial charge in [0, 0.05) is 8.45 Å². The summed E-state index contributed by atoms with van der Waals surface area (Å²) >= 11 is 3.64. The highest BCUT2D eigenvalue weighted by molar-refractivity contribution is 14.1. The summed E-state index contributed by atoms with van der Waals surface area (Å²) in [7, 11) is 0. The summed E-state index contributed by atoms with van der Waals surface area (Å²) < 4.78 is 0.847. The molecule has 2 N–H and O–H groups in total. The molecule has 2 amide bonds. The Morgan fingerprint density at radius 3 is 2.57 bits per heavy atom. The zero-order valence-corrected chi connectivity index (χ0v) is 15.5. The first-order valence-electron chi connectivity index (χ1n) is 7.62. The first-order valence-corrected chi connectivity index (χ1v) is 9.51. The third-order valence-electron chi connectivity index (χ3n) is 3.88. The molecule has 3 rings (SSSR count). The Labute approximate surface area is 152 Å². The van der Waals surface area contributed by atoms with E-state index in [9.17, 15) is 9.59 Å². The summed E-state index contributed by atoms with van der Waals surface area (Å²) in [6, 6.07) is 9.23. The molecule has 120 valence electrons. The average molecular weight is 440 g/mol. The van der Waals surface area contributed by atoms with Crippen LogP contribution in [-0.4, -0.2) is 11.8 Å². The van der Waals surface area contributed by atoms with Crippen molar-refractivity contribution in [2.75, 3.05) is 0 Å². The van der Waals surface area contributed by atoms with Gasteiger partial charge < -0.3 is 0 Å². The van der Waals surface area contributed by atoms with Crippen LogP contribution in [0.15, 0.2) is 30.3 Å². The van der Waals surface area contributed by atoms with Gasteiger partial charge in [-0.1, -0.05) is 18.6 Å². The Kier molecular flexibility index (Phi) is 5.32. The summed E-state index contributed by atoms with van der Waals surface area (Å²) in [5, 5.41) is 0. The molecule has 23 heavy (non-hydrogen) atoms. The van der Waals surface area contributed by atoms with Gasteiger partial charge in [0.15, 0.2) is 0 Å². The van der Waals surface area contributed by atoms with E-state index in [0.29, 0.717) is 10.4 Å². The number of hydrogen-bond donors (Lipinski definition) is 2. The lowest BCUT2D eigenvalue weighted by molar-refractivity contribution is 0.0848. The van der Waals surface area contributed by atoms with E-state index in [2.05, 4.69) is 33.4 Å². The monoisotopic (exact) mass is 440 g/mol.